The zero-order valence-corrected chi connectivity index (χ0v) is 38.3. The molecule has 0 aromatic carbocycles. The summed E-state index contributed by atoms with van der Waals surface area (Å²) in [5.41, 5.74) is 0. The van der Waals surface area contributed by atoms with Crippen LogP contribution in [0.4, 0.5) is 0 Å². The summed E-state index contributed by atoms with van der Waals surface area (Å²) in [4.78, 5) is 12.9. The first-order valence-electron chi connectivity index (χ1n) is 23.7. The lowest BCUT2D eigenvalue weighted by molar-refractivity contribution is -0.301. The van der Waals surface area contributed by atoms with Gasteiger partial charge in [0.2, 0.25) is 0 Å². The Morgan fingerprint density at radius 1 is 0.633 bits per heavy atom. The number of aliphatic hydroxyl groups is 3. The van der Waals surface area contributed by atoms with E-state index in [-0.39, 0.29) is 19.6 Å². The first-order valence-corrected chi connectivity index (χ1v) is 25.1. The number of aliphatic hydroxyl groups excluding tert-OH is 3. The van der Waals surface area contributed by atoms with Crippen molar-refractivity contribution in [3.8, 4) is 0 Å². The second kappa shape index (κ2) is 39.0. The van der Waals surface area contributed by atoms with Crippen molar-refractivity contribution < 1.29 is 56.2 Å². The Morgan fingerprint density at radius 3 is 1.63 bits per heavy atom. The monoisotopic (exact) mass is 875 g/mol. The molecule has 0 aliphatic carbocycles. The van der Waals surface area contributed by atoms with Gasteiger partial charge in [-0.1, -0.05) is 153 Å². The first kappa shape index (κ1) is 56.3. The maximum absolute atomic E-state index is 12.9. The van der Waals surface area contributed by atoms with Gasteiger partial charge in [0.1, 0.15) is 30.5 Å². The fourth-order valence-corrected chi connectivity index (χ4v) is 7.62. The van der Waals surface area contributed by atoms with Gasteiger partial charge in [0.15, 0.2) is 6.29 Å². The fourth-order valence-electron chi connectivity index (χ4n) is 7.11. The minimum Gasteiger partial charge on any atom is -0.457 e. The van der Waals surface area contributed by atoms with E-state index in [0.717, 1.165) is 64.2 Å². The molecule has 12 nitrogen and oxygen atoms in total. The molecule has 0 radical (unpaired) electrons. The van der Waals surface area contributed by atoms with Crippen LogP contribution in [0.2, 0.25) is 0 Å². The second-order valence-electron chi connectivity index (χ2n) is 16.3. The number of carbonyl (C=O) groups is 1. The van der Waals surface area contributed by atoms with Crippen molar-refractivity contribution in [2.45, 2.75) is 230 Å². The first-order chi connectivity index (χ1) is 29.1. The molecule has 4 N–H and O–H groups in total. The summed E-state index contributed by atoms with van der Waals surface area (Å²) < 4.78 is 59.1. The lowest BCUT2D eigenvalue weighted by Gasteiger charge is -2.41. The van der Waals surface area contributed by atoms with Gasteiger partial charge in [-0.2, -0.15) is 8.42 Å². The number of unbranched alkanes of at least 4 members (excludes halogenated alkanes) is 22. The van der Waals surface area contributed by atoms with Gasteiger partial charge in [-0.25, -0.2) is 4.18 Å². The van der Waals surface area contributed by atoms with Crippen LogP contribution in [-0.4, -0.2) is 97.5 Å². The van der Waals surface area contributed by atoms with E-state index in [1.165, 1.54) is 103 Å². The smallest absolute Gasteiger partial charge is 0.397 e. The summed E-state index contributed by atoms with van der Waals surface area (Å²) in [5.74, 6) is -0.407. The predicted octanol–water partition coefficient (Wildman–Crippen LogP) is 10.2. The molecule has 13 heteroatoms. The van der Waals surface area contributed by atoms with E-state index >= 15 is 0 Å². The quantitative estimate of drug-likeness (QED) is 0.0198. The van der Waals surface area contributed by atoms with Crippen molar-refractivity contribution >= 4 is 16.4 Å². The molecule has 352 valence electrons. The molecule has 1 aliphatic heterocycles. The van der Waals surface area contributed by atoms with E-state index in [1.54, 1.807) is 0 Å². The van der Waals surface area contributed by atoms with Crippen LogP contribution in [0.15, 0.2) is 36.5 Å². The highest BCUT2D eigenvalue weighted by molar-refractivity contribution is 7.80. The van der Waals surface area contributed by atoms with E-state index in [2.05, 4.69) is 54.5 Å². The van der Waals surface area contributed by atoms with E-state index in [1.807, 2.05) is 0 Å². The van der Waals surface area contributed by atoms with Crippen LogP contribution in [0, 0.1) is 0 Å². The van der Waals surface area contributed by atoms with Crippen molar-refractivity contribution in [1.29, 1.82) is 0 Å². The average molecular weight is 875 g/mol. The average Bonchev–Trinajstić information content (AvgIpc) is 3.22. The molecule has 1 heterocycles. The molecule has 1 aliphatic rings. The lowest BCUT2D eigenvalue weighted by Crippen LogP contribution is -2.60. The van der Waals surface area contributed by atoms with Gasteiger partial charge in [-0.05, 0) is 70.6 Å². The normalized spacial score (nSPS) is 20.5. The van der Waals surface area contributed by atoms with E-state index < -0.39 is 59.8 Å². The minimum atomic E-state index is -5.06. The molecule has 0 aromatic rings. The van der Waals surface area contributed by atoms with E-state index in [9.17, 15) is 28.5 Å². The largest absolute Gasteiger partial charge is 0.457 e. The maximum Gasteiger partial charge on any atom is 0.397 e. The van der Waals surface area contributed by atoms with Gasteiger partial charge >= 0.3 is 16.4 Å². The summed E-state index contributed by atoms with van der Waals surface area (Å²) in [6.07, 6.45) is 36.0. The van der Waals surface area contributed by atoms with Crippen LogP contribution in [0.3, 0.4) is 0 Å². The zero-order chi connectivity index (χ0) is 43.9. The number of allylic oxidation sites excluding steroid dienone is 6. The molecular weight excluding hydrogens is 789 g/mol. The molecule has 0 saturated carbocycles. The molecule has 1 rings (SSSR count). The predicted molar refractivity (Wildman–Crippen MR) is 239 cm³/mol. The van der Waals surface area contributed by atoms with Crippen LogP contribution >= 0.6 is 0 Å². The van der Waals surface area contributed by atoms with E-state index in [4.69, 9.17) is 23.5 Å². The van der Waals surface area contributed by atoms with Gasteiger partial charge in [-0.15, -0.1) is 0 Å². The summed E-state index contributed by atoms with van der Waals surface area (Å²) in [5, 5.41) is 30.7. The Labute approximate surface area is 364 Å². The highest BCUT2D eigenvalue weighted by atomic mass is 32.3. The Morgan fingerprint density at radius 2 is 1.10 bits per heavy atom. The van der Waals surface area contributed by atoms with Gasteiger partial charge in [0.05, 0.1) is 19.8 Å². The molecule has 0 aromatic heterocycles. The van der Waals surface area contributed by atoms with Crippen LogP contribution in [0.25, 0.3) is 0 Å². The molecule has 6 atom stereocenters. The topological polar surface area (TPSA) is 178 Å². The van der Waals surface area contributed by atoms with Crippen LogP contribution in [0.5, 0.6) is 0 Å². The molecule has 1 saturated heterocycles. The molecule has 6 unspecified atom stereocenters. The third kappa shape index (κ3) is 32.1. The fraction of sp³-hybridized carbons (Fsp3) is 0.851. The molecule has 60 heavy (non-hydrogen) atoms. The van der Waals surface area contributed by atoms with Gasteiger partial charge in [-0.3, -0.25) is 9.35 Å². The standard InChI is InChI=1S/C47H86O12S/c1-3-5-7-9-11-13-15-17-19-21-22-24-26-28-30-32-34-36-43(49)57-41(40-56-47-45(51)46(59-60(52,53)54)44(50)42(38-48)58-47)39-55-37-35-33-31-29-27-25-23-20-18-16-14-12-10-8-6-4-2/h12,14,17-20,41-42,44-48,50-51H,3-11,13,15-16,21-40H2,1-2H3,(H,52,53,54)/b14-12-,19-17-,20-18-. The van der Waals surface area contributed by atoms with Crippen molar-refractivity contribution in [2.75, 3.05) is 26.4 Å². The lowest BCUT2D eigenvalue weighted by atomic mass is 9.99. The molecule has 0 spiro atoms. The van der Waals surface area contributed by atoms with E-state index in [0.29, 0.717) is 13.0 Å². The Balaban J connectivity index is 2.42. The Kier molecular flexibility index (Phi) is 36.6. The second-order valence-corrected chi connectivity index (χ2v) is 17.4. The Hall–Kier alpha value is -1.68. The molecule has 1 fully saturated rings. The van der Waals surface area contributed by atoms with Gasteiger partial charge < -0.3 is 34.3 Å². The number of esters is 1. The summed E-state index contributed by atoms with van der Waals surface area (Å²) in [6.45, 7) is 3.94. The molecule has 0 bridgehead atoms. The van der Waals surface area contributed by atoms with Crippen molar-refractivity contribution in [1.82, 2.24) is 0 Å². The van der Waals surface area contributed by atoms with Crippen molar-refractivity contribution in [2.24, 2.45) is 0 Å². The number of hydrogen-bond donors (Lipinski definition) is 4. The number of hydrogen-bond acceptors (Lipinski definition) is 11. The van der Waals surface area contributed by atoms with Crippen molar-refractivity contribution in [3.63, 3.8) is 0 Å². The van der Waals surface area contributed by atoms with Crippen LogP contribution in [0.1, 0.15) is 194 Å². The van der Waals surface area contributed by atoms with Gasteiger partial charge in [0, 0.05) is 13.0 Å². The Bertz CT molecular complexity index is 1190. The number of ether oxygens (including phenoxy) is 4. The summed E-state index contributed by atoms with van der Waals surface area (Å²) in [7, 11) is -5.06. The minimum absolute atomic E-state index is 0.0278. The van der Waals surface area contributed by atoms with Gasteiger partial charge in [0.25, 0.3) is 0 Å². The molecule has 0 amide bonds. The van der Waals surface area contributed by atoms with Crippen LogP contribution < -0.4 is 0 Å². The SMILES string of the molecule is CCCCC/C=C\C/C=C\CCCCCCCCOCC(COC1OC(CO)C(O)C(OS(=O)(=O)O)C1O)OC(=O)CCCCCCCCC/C=C\CCCCCCCC. The van der Waals surface area contributed by atoms with Crippen LogP contribution in [-0.2, 0) is 38.3 Å². The highest BCUT2D eigenvalue weighted by Crippen LogP contribution is 2.26. The number of carbonyl (C=O) groups excluding carboxylic acids is 1. The van der Waals surface area contributed by atoms with Crippen molar-refractivity contribution in [3.05, 3.63) is 36.5 Å². The third-order valence-electron chi connectivity index (χ3n) is 10.7. The third-order valence-corrected chi connectivity index (χ3v) is 11.2. The maximum atomic E-state index is 12.9. The molecular formula is C47H86O12S. The summed E-state index contributed by atoms with van der Waals surface area (Å²) >= 11 is 0. The highest BCUT2D eigenvalue weighted by Gasteiger charge is 2.48. The summed E-state index contributed by atoms with van der Waals surface area (Å²) in [6, 6.07) is 0. The zero-order valence-electron chi connectivity index (χ0n) is 37.5. The number of rotatable bonds is 41.